The Morgan fingerprint density at radius 1 is 0.500 bits per heavy atom. The molecule has 238 valence electrons. The maximum Gasteiger partial charge on any atom is 0.190 e. The molecule has 1 aromatic rings. The number of benzene rings is 1. The number of nitriles is 2. The lowest BCUT2D eigenvalue weighted by Gasteiger charge is -2.38. The van der Waals surface area contributed by atoms with Gasteiger partial charge in [0.1, 0.15) is 48.8 Å². The predicted molar refractivity (Wildman–Crippen MR) is 148 cm³/mol. The van der Waals surface area contributed by atoms with Crippen LogP contribution in [0.3, 0.4) is 0 Å². The third-order valence-corrected chi connectivity index (χ3v) is 8.95. The Kier molecular flexibility index (Phi) is 7.02. The Hall–Kier alpha value is -2.20. The summed E-state index contributed by atoms with van der Waals surface area (Å²) in [6, 6.07) is 8.29. The zero-order chi connectivity index (χ0) is 31.4. The summed E-state index contributed by atoms with van der Waals surface area (Å²) in [6.45, 7) is 14.7. The van der Waals surface area contributed by atoms with Gasteiger partial charge >= 0.3 is 0 Å². The van der Waals surface area contributed by atoms with E-state index in [1.165, 1.54) is 0 Å². The minimum atomic E-state index is -0.845. The van der Waals surface area contributed by atoms with Crippen molar-refractivity contribution in [2.45, 2.75) is 153 Å². The van der Waals surface area contributed by atoms with Gasteiger partial charge in [0.2, 0.25) is 0 Å². The van der Waals surface area contributed by atoms with E-state index in [0.29, 0.717) is 24.0 Å². The van der Waals surface area contributed by atoms with E-state index in [2.05, 4.69) is 12.1 Å². The Labute approximate surface area is 257 Å². The molecule has 0 spiro atoms. The number of nitrogens with zero attached hydrogens (tertiary/aromatic N) is 2. The molecule has 0 radical (unpaired) electrons. The largest absolute Gasteiger partial charge is 0.343 e. The van der Waals surface area contributed by atoms with Crippen molar-refractivity contribution in [3.63, 3.8) is 0 Å². The molecule has 0 amide bonds. The first kappa shape index (κ1) is 30.5. The second kappa shape index (κ2) is 10.1. The zero-order valence-electron chi connectivity index (χ0n) is 26.3. The normalized spacial score (nSPS) is 42.0. The molecule has 0 bridgehead atoms. The van der Waals surface area contributed by atoms with Crippen LogP contribution >= 0.6 is 0 Å². The van der Waals surface area contributed by atoms with Crippen molar-refractivity contribution >= 4 is 0 Å². The lowest BCUT2D eigenvalue weighted by Crippen LogP contribution is -2.55. The second-order valence-corrected chi connectivity index (χ2v) is 14.2. The molecule has 12 nitrogen and oxygen atoms in total. The maximum atomic E-state index is 10.3. The molecular weight excluding hydrogens is 572 g/mol. The van der Waals surface area contributed by atoms with Gasteiger partial charge in [-0.1, -0.05) is 12.1 Å². The SMILES string of the molecule is CC1(C)O[C@H]2[C@@H](O1)[C@@H](Cc1ccc(C[C@H]3O[C@@H]4OC(C)(C)O[C@@H]4[C@H]4OC(C)(C)O[C@H]43)c(C#N)c1C#N)O[C@@H]1OC(C)(C)O[C@@H]12. The van der Waals surface area contributed by atoms with Crippen LogP contribution < -0.4 is 0 Å². The van der Waals surface area contributed by atoms with Crippen LogP contribution in [0.5, 0.6) is 0 Å². The highest BCUT2D eigenvalue weighted by molar-refractivity contribution is 5.55. The van der Waals surface area contributed by atoms with Crippen LogP contribution in [0.15, 0.2) is 12.1 Å². The maximum absolute atomic E-state index is 10.3. The van der Waals surface area contributed by atoms with Crippen molar-refractivity contribution in [1.29, 1.82) is 10.5 Å². The Morgan fingerprint density at radius 2 is 0.818 bits per heavy atom. The van der Waals surface area contributed by atoms with E-state index in [9.17, 15) is 10.5 Å². The quantitative estimate of drug-likeness (QED) is 0.493. The van der Waals surface area contributed by atoms with Crippen LogP contribution in [-0.2, 0) is 60.2 Å². The van der Waals surface area contributed by atoms with E-state index in [4.69, 9.17) is 47.4 Å². The van der Waals surface area contributed by atoms with Gasteiger partial charge in [-0.2, -0.15) is 10.5 Å². The molecule has 6 aliphatic heterocycles. The standard InChI is InChI=1S/C32H40N2O10/c1-29(2)37-21-19(35-27-25(23(21)39-29)41-31(5,6)43-27)11-15-9-10-16(18(14-34)17(15)13-33)12-20-22-24(40-30(3,4)38-22)26-28(36-20)44-32(7,8)42-26/h9-10,19-28H,11-12H2,1-8H3/t19-,20-,21+,22+,23+,24+,25-,26-,27-,28-/m1/s1. The van der Waals surface area contributed by atoms with Crippen molar-refractivity contribution in [2.24, 2.45) is 0 Å². The molecule has 12 heteroatoms. The fraction of sp³-hybridized carbons (Fsp3) is 0.750. The highest BCUT2D eigenvalue weighted by atomic mass is 16.9. The summed E-state index contributed by atoms with van der Waals surface area (Å²) >= 11 is 0. The molecule has 6 heterocycles. The van der Waals surface area contributed by atoms with Gasteiger partial charge in [-0.15, -0.1) is 0 Å². The highest BCUT2D eigenvalue weighted by Gasteiger charge is 2.62. The zero-order valence-corrected chi connectivity index (χ0v) is 26.3. The van der Waals surface area contributed by atoms with E-state index in [1.54, 1.807) is 0 Å². The first-order chi connectivity index (χ1) is 20.6. The molecule has 6 aliphatic rings. The molecule has 10 atom stereocenters. The molecule has 44 heavy (non-hydrogen) atoms. The van der Waals surface area contributed by atoms with Crippen LogP contribution in [0.1, 0.15) is 77.6 Å². The molecule has 7 rings (SSSR count). The number of ether oxygens (including phenoxy) is 10. The van der Waals surface area contributed by atoms with Crippen molar-refractivity contribution in [2.75, 3.05) is 0 Å². The van der Waals surface area contributed by atoms with Crippen molar-refractivity contribution in [1.82, 2.24) is 0 Å². The highest BCUT2D eigenvalue weighted by Crippen LogP contribution is 2.46. The van der Waals surface area contributed by atoms with Crippen molar-refractivity contribution in [3.05, 3.63) is 34.4 Å². The van der Waals surface area contributed by atoms with Crippen LogP contribution in [0.4, 0.5) is 0 Å². The van der Waals surface area contributed by atoms with Gasteiger partial charge in [0.25, 0.3) is 0 Å². The fourth-order valence-corrected chi connectivity index (χ4v) is 7.43. The average Bonchev–Trinajstić information content (AvgIpc) is 3.61. The molecule has 6 saturated heterocycles. The molecule has 0 aliphatic carbocycles. The van der Waals surface area contributed by atoms with E-state index >= 15 is 0 Å². The summed E-state index contributed by atoms with van der Waals surface area (Å²) in [7, 11) is 0. The van der Waals surface area contributed by atoms with Crippen LogP contribution in [0.25, 0.3) is 0 Å². The topological polar surface area (TPSA) is 140 Å². The van der Waals surface area contributed by atoms with Crippen molar-refractivity contribution < 1.29 is 47.4 Å². The molecule has 0 unspecified atom stereocenters. The molecule has 1 aromatic carbocycles. The first-order valence-electron chi connectivity index (χ1n) is 15.3. The summed E-state index contributed by atoms with van der Waals surface area (Å²) in [5.74, 6) is -3.37. The Balaban J connectivity index is 1.16. The van der Waals surface area contributed by atoms with Gasteiger partial charge in [0.05, 0.1) is 23.3 Å². The summed E-state index contributed by atoms with van der Waals surface area (Å²) in [4.78, 5) is 0. The summed E-state index contributed by atoms with van der Waals surface area (Å²) in [5, 5.41) is 20.6. The second-order valence-electron chi connectivity index (χ2n) is 14.2. The first-order valence-corrected chi connectivity index (χ1v) is 15.3. The smallest absolute Gasteiger partial charge is 0.190 e. The molecule has 0 saturated carbocycles. The van der Waals surface area contributed by atoms with E-state index in [-0.39, 0.29) is 11.1 Å². The third kappa shape index (κ3) is 5.25. The molecule has 0 aromatic heterocycles. The third-order valence-electron chi connectivity index (χ3n) is 8.95. The Morgan fingerprint density at radius 3 is 1.18 bits per heavy atom. The number of hydrogen-bond acceptors (Lipinski definition) is 12. The number of rotatable bonds is 4. The summed E-state index contributed by atoms with van der Waals surface area (Å²) < 4.78 is 62.1. The minimum absolute atomic E-state index is 0.283. The average molecular weight is 613 g/mol. The van der Waals surface area contributed by atoms with Crippen LogP contribution in [0, 0.1) is 22.7 Å². The number of hydrogen-bond donors (Lipinski definition) is 0. The van der Waals surface area contributed by atoms with Gasteiger partial charge in [0.15, 0.2) is 35.7 Å². The Bertz CT molecular complexity index is 1310. The van der Waals surface area contributed by atoms with E-state index in [1.807, 2.05) is 67.5 Å². The lowest BCUT2D eigenvalue weighted by molar-refractivity contribution is -0.233. The van der Waals surface area contributed by atoms with Gasteiger partial charge < -0.3 is 47.4 Å². The van der Waals surface area contributed by atoms with E-state index in [0.717, 1.165) is 0 Å². The van der Waals surface area contributed by atoms with Gasteiger partial charge in [-0.3, -0.25) is 0 Å². The summed E-state index contributed by atoms with van der Waals surface area (Å²) in [6.07, 6.45) is -4.34. The van der Waals surface area contributed by atoms with Crippen molar-refractivity contribution in [3.8, 4) is 12.1 Å². The van der Waals surface area contributed by atoms with Gasteiger partial charge in [0, 0.05) is 12.8 Å². The van der Waals surface area contributed by atoms with Crippen LogP contribution in [-0.4, -0.2) is 84.6 Å². The predicted octanol–water partition coefficient (Wildman–Crippen LogP) is 3.31. The van der Waals surface area contributed by atoms with E-state index < -0.39 is 84.6 Å². The van der Waals surface area contributed by atoms with Gasteiger partial charge in [-0.05, 0) is 66.5 Å². The summed E-state index contributed by atoms with van der Waals surface area (Å²) in [5.41, 5.74) is 1.90. The molecular formula is C32H40N2O10. The van der Waals surface area contributed by atoms with Crippen LogP contribution in [0.2, 0.25) is 0 Å². The fourth-order valence-electron chi connectivity index (χ4n) is 7.43. The monoisotopic (exact) mass is 612 g/mol. The minimum Gasteiger partial charge on any atom is -0.343 e. The van der Waals surface area contributed by atoms with Gasteiger partial charge in [-0.25, -0.2) is 0 Å². The number of fused-ring (bicyclic) bond motifs is 6. The lowest BCUT2D eigenvalue weighted by atomic mass is 9.87. The molecule has 0 N–H and O–H groups in total. The molecule has 6 fully saturated rings.